The predicted octanol–water partition coefficient (Wildman–Crippen LogP) is 3.12. The first-order chi connectivity index (χ1) is 13.3. The third-order valence-corrected chi connectivity index (χ3v) is 6.23. The lowest BCUT2D eigenvalue weighted by Crippen LogP contribution is -2.57. The topological polar surface area (TPSA) is 48.0 Å². The number of amides is 1. The van der Waals surface area contributed by atoms with Crippen molar-refractivity contribution in [3.63, 3.8) is 0 Å². The molecule has 0 aromatic heterocycles. The van der Waals surface area contributed by atoms with E-state index in [1.165, 1.54) is 0 Å². The lowest BCUT2D eigenvalue weighted by atomic mass is 9.73. The van der Waals surface area contributed by atoms with Crippen molar-refractivity contribution >= 4 is 18.5 Å². The molecule has 2 aliphatic heterocycles. The summed E-state index contributed by atoms with van der Waals surface area (Å²) < 4.78 is 18.5. The van der Waals surface area contributed by atoms with Gasteiger partial charge in [-0.15, -0.1) is 0 Å². The summed E-state index contributed by atoms with van der Waals surface area (Å²) >= 11 is 0. The van der Waals surface area contributed by atoms with E-state index in [0.717, 1.165) is 23.0 Å². The summed E-state index contributed by atoms with van der Waals surface area (Å²) in [6, 6.07) is 6.12. The lowest BCUT2D eigenvalue weighted by molar-refractivity contribution is -0.156. The van der Waals surface area contributed by atoms with Crippen LogP contribution in [0.2, 0.25) is 0 Å². The van der Waals surface area contributed by atoms with Crippen LogP contribution in [0.4, 0.5) is 0 Å². The van der Waals surface area contributed by atoms with Crippen LogP contribution in [-0.2, 0) is 31.7 Å². The predicted molar refractivity (Wildman–Crippen MR) is 116 cm³/mol. The van der Waals surface area contributed by atoms with Crippen molar-refractivity contribution in [2.45, 2.75) is 91.1 Å². The van der Waals surface area contributed by atoms with E-state index >= 15 is 0 Å². The fourth-order valence-electron chi connectivity index (χ4n) is 3.93. The summed E-state index contributed by atoms with van der Waals surface area (Å²) in [5, 5.41) is 0. The molecule has 0 unspecified atom stereocenters. The molecule has 2 saturated heterocycles. The van der Waals surface area contributed by atoms with Gasteiger partial charge in [-0.2, -0.15) is 0 Å². The number of benzene rings is 1. The second-order valence-electron chi connectivity index (χ2n) is 10.3. The van der Waals surface area contributed by atoms with Crippen molar-refractivity contribution in [2.24, 2.45) is 0 Å². The van der Waals surface area contributed by atoms with Crippen LogP contribution < -0.4 is 5.46 Å². The minimum absolute atomic E-state index is 0.140. The van der Waals surface area contributed by atoms with Crippen molar-refractivity contribution in [3.8, 4) is 0 Å². The normalized spacial score (nSPS) is 21.4. The summed E-state index contributed by atoms with van der Waals surface area (Å²) in [4.78, 5) is 14.7. The minimum Gasteiger partial charge on any atom is -0.399 e. The summed E-state index contributed by atoms with van der Waals surface area (Å²) in [7, 11) is -0.404. The molecule has 29 heavy (non-hydrogen) atoms. The van der Waals surface area contributed by atoms with Crippen LogP contribution in [0, 0.1) is 0 Å². The highest BCUT2D eigenvalue weighted by Gasteiger charge is 2.52. The highest BCUT2D eigenvalue weighted by molar-refractivity contribution is 6.62. The second-order valence-corrected chi connectivity index (χ2v) is 10.3. The number of hydrogen-bond donors (Lipinski definition) is 0. The maximum Gasteiger partial charge on any atom is 0.495 e. The zero-order valence-electron chi connectivity index (χ0n) is 19.3. The van der Waals surface area contributed by atoms with Gasteiger partial charge in [0.05, 0.1) is 29.3 Å². The fourth-order valence-corrected chi connectivity index (χ4v) is 3.93. The first-order valence-electron chi connectivity index (χ1n) is 10.7. The van der Waals surface area contributed by atoms with E-state index in [0.29, 0.717) is 19.5 Å². The van der Waals surface area contributed by atoms with Crippen LogP contribution in [0.3, 0.4) is 0 Å². The molecule has 0 radical (unpaired) electrons. The van der Waals surface area contributed by atoms with Crippen LogP contribution in [0.15, 0.2) is 18.2 Å². The Bertz CT molecular complexity index is 747. The van der Waals surface area contributed by atoms with E-state index in [1.54, 1.807) is 0 Å². The molecule has 2 aliphatic rings. The zero-order chi connectivity index (χ0) is 21.6. The molecule has 5 nitrogen and oxygen atoms in total. The van der Waals surface area contributed by atoms with Crippen molar-refractivity contribution in [1.82, 2.24) is 4.90 Å². The van der Waals surface area contributed by atoms with E-state index in [9.17, 15) is 4.79 Å². The van der Waals surface area contributed by atoms with Crippen molar-refractivity contribution < 1.29 is 18.8 Å². The summed E-state index contributed by atoms with van der Waals surface area (Å²) in [5.74, 6) is 0.152. The first kappa shape index (κ1) is 22.3. The molecule has 2 heterocycles. The highest BCUT2D eigenvalue weighted by Crippen LogP contribution is 2.37. The molecule has 0 spiro atoms. The molecular weight excluding hydrogens is 365 g/mol. The Morgan fingerprint density at radius 3 is 2.28 bits per heavy atom. The summed E-state index contributed by atoms with van der Waals surface area (Å²) in [5.41, 5.74) is 2.32. The molecule has 2 fully saturated rings. The molecule has 0 bridgehead atoms. The number of rotatable bonds is 5. The minimum atomic E-state index is -0.404. The van der Waals surface area contributed by atoms with E-state index in [2.05, 4.69) is 40.7 Å². The average molecular weight is 401 g/mol. The van der Waals surface area contributed by atoms with Crippen molar-refractivity contribution in [3.05, 3.63) is 29.3 Å². The number of nitrogens with zero attached hydrogens (tertiary/aromatic N) is 1. The molecule has 1 aromatic rings. The third kappa shape index (κ3) is 4.70. The molecule has 160 valence electrons. The molecule has 0 saturated carbocycles. The van der Waals surface area contributed by atoms with Crippen LogP contribution >= 0.6 is 0 Å². The van der Waals surface area contributed by atoms with E-state index in [4.69, 9.17) is 14.0 Å². The maximum absolute atomic E-state index is 12.8. The third-order valence-electron chi connectivity index (χ3n) is 6.23. The smallest absolute Gasteiger partial charge is 0.399 e. The van der Waals surface area contributed by atoms with Gasteiger partial charge in [-0.3, -0.25) is 4.79 Å². The Balaban J connectivity index is 1.70. The van der Waals surface area contributed by atoms with Gasteiger partial charge in [0.1, 0.15) is 0 Å². The molecule has 0 aliphatic carbocycles. The maximum atomic E-state index is 12.8. The molecule has 3 rings (SSSR count). The SMILES string of the molecule is CCc1c(CC(=O)N2CC(OC(C)(C)C)C2)cccc1B1OC(C)(C)C(C)(C)O1. The molecule has 0 atom stereocenters. The van der Waals surface area contributed by atoms with Crippen LogP contribution in [0.5, 0.6) is 0 Å². The zero-order valence-corrected chi connectivity index (χ0v) is 19.3. The number of carbonyl (C=O) groups excluding carboxylic acids is 1. The van der Waals surface area contributed by atoms with Gasteiger partial charge >= 0.3 is 7.12 Å². The van der Waals surface area contributed by atoms with Gasteiger partial charge in [0.2, 0.25) is 5.91 Å². The Morgan fingerprint density at radius 2 is 1.76 bits per heavy atom. The first-order valence-corrected chi connectivity index (χ1v) is 10.7. The second kappa shape index (κ2) is 7.71. The average Bonchev–Trinajstić information content (AvgIpc) is 2.77. The Labute approximate surface area is 176 Å². The highest BCUT2D eigenvalue weighted by atomic mass is 16.7. The fraction of sp³-hybridized carbons (Fsp3) is 0.696. The van der Waals surface area contributed by atoms with Gasteiger partial charge in [-0.05, 0) is 71.5 Å². The standard InChI is InChI=1S/C23H36BNO4/c1-9-18-16(13-20(26)25-14-17(15-25)27-21(2,3)4)11-10-12-19(18)24-28-22(5,6)23(7,8)29-24/h10-12,17H,9,13-15H2,1-8H3. The number of ether oxygens (including phenoxy) is 1. The molecular formula is C23H36BNO4. The van der Waals surface area contributed by atoms with E-state index in [1.807, 2.05) is 37.8 Å². The van der Waals surface area contributed by atoms with Gasteiger partial charge in [-0.1, -0.05) is 25.1 Å². The molecule has 6 heteroatoms. The van der Waals surface area contributed by atoms with Gasteiger partial charge in [-0.25, -0.2) is 0 Å². The van der Waals surface area contributed by atoms with Crippen LogP contribution in [-0.4, -0.2) is 53.9 Å². The Morgan fingerprint density at radius 1 is 1.17 bits per heavy atom. The largest absolute Gasteiger partial charge is 0.495 e. The monoisotopic (exact) mass is 401 g/mol. The number of hydrogen-bond acceptors (Lipinski definition) is 4. The molecule has 1 aromatic carbocycles. The Kier molecular flexibility index (Phi) is 5.94. The summed E-state index contributed by atoms with van der Waals surface area (Å²) in [6.45, 7) is 17.9. The van der Waals surface area contributed by atoms with Crippen molar-refractivity contribution in [1.29, 1.82) is 0 Å². The molecule has 0 N–H and O–H groups in total. The summed E-state index contributed by atoms with van der Waals surface area (Å²) in [6.07, 6.45) is 1.37. The molecule has 1 amide bonds. The van der Waals surface area contributed by atoms with Gasteiger partial charge < -0.3 is 18.9 Å². The number of likely N-dealkylation sites (tertiary alicyclic amines) is 1. The lowest BCUT2D eigenvalue weighted by Gasteiger charge is -2.42. The van der Waals surface area contributed by atoms with Gasteiger partial charge in [0.15, 0.2) is 0 Å². The van der Waals surface area contributed by atoms with Gasteiger partial charge in [0, 0.05) is 13.1 Å². The number of carbonyl (C=O) groups is 1. The quantitative estimate of drug-likeness (QED) is 0.712. The van der Waals surface area contributed by atoms with Crippen molar-refractivity contribution in [2.75, 3.05) is 13.1 Å². The van der Waals surface area contributed by atoms with E-state index < -0.39 is 7.12 Å². The van der Waals surface area contributed by atoms with E-state index in [-0.39, 0.29) is 28.8 Å². The van der Waals surface area contributed by atoms with Gasteiger partial charge in [0.25, 0.3) is 0 Å². The Hall–Kier alpha value is -1.37. The van der Waals surface area contributed by atoms with Crippen LogP contribution in [0.1, 0.15) is 66.5 Å². The van der Waals surface area contributed by atoms with Crippen LogP contribution in [0.25, 0.3) is 0 Å².